The minimum absolute atomic E-state index is 0.0228. The van der Waals surface area contributed by atoms with Crippen molar-refractivity contribution >= 4 is 5.97 Å². The number of carbonyl (C=O) groups excluding carboxylic acids is 1. The van der Waals surface area contributed by atoms with Crippen molar-refractivity contribution in [3.63, 3.8) is 0 Å². The molecule has 5 atom stereocenters. The molecule has 23 heavy (non-hydrogen) atoms. The molecule has 3 aliphatic heterocycles. The third-order valence-corrected chi connectivity index (χ3v) is 5.33. The molecule has 0 bridgehead atoms. The van der Waals surface area contributed by atoms with Crippen LogP contribution in [-0.4, -0.2) is 63.7 Å². The third kappa shape index (κ3) is 1.97. The van der Waals surface area contributed by atoms with E-state index in [4.69, 9.17) is 18.9 Å². The van der Waals surface area contributed by atoms with Gasteiger partial charge in [0, 0.05) is 5.57 Å². The van der Waals surface area contributed by atoms with Crippen LogP contribution < -0.4 is 0 Å². The normalized spacial score (nSPS) is 46.3. The van der Waals surface area contributed by atoms with Crippen molar-refractivity contribution in [1.29, 1.82) is 0 Å². The summed E-state index contributed by atoms with van der Waals surface area (Å²) < 4.78 is 22.3. The first-order chi connectivity index (χ1) is 10.4. The smallest absolute Gasteiger partial charge is 0.333 e. The summed E-state index contributed by atoms with van der Waals surface area (Å²) in [5.74, 6) is -2.26. The van der Waals surface area contributed by atoms with E-state index in [2.05, 4.69) is 6.58 Å². The predicted molar refractivity (Wildman–Crippen MR) is 78.4 cm³/mol. The number of aliphatic hydroxyl groups is 2. The van der Waals surface area contributed by atoms with E-state index in [-0.39, 0.29) is 12.2 Å². The Hall–Kier alpha value is -0.990. The summed E-state index contributed by atoms with van der Waals surface area (Å²) in [6.07, 6.45) is -2.79. The average molecular weight is 328 g/mol. The molecule has 3 rings (SSSR count). The van der Waals surface area contributed by atoms with Crippen LogP contribution in [0.4, 0.5) is 0 Å². The Balaban J connectivity index is 1.93. The highest BCUT2D eigenvalue weighted by atomic mass is 16.8. The van der Waals surface area contributed by atoms with E-state index in [0.717, 1.165) is 0 Å². The molecule has 130 valence electrons. The van der Waals surface area contributed by atoms with Crippen molar-refractivity contribution in [2.45, 2.75) is 75.5 Å². The van der Waals surface area contributed by atoms with Crippen LogP contribution >= 0.6 is 0 Å². The fourth-order valence-electron chi connectivity index (χ4n) is 3.33. The summed E-state index contributed by atoms with van der Waals surface area (Å²) in [6, 6.07) is 0. The molecule has 1 unspecified atom stereocenters. The molecule has 0 radical (unpaired) electrons. The highest BCUT2D eigenvalue weighted by molar-refractivity contribution is 5.87. The fourth-order valence-corrected chi connectivity index (χ4v) is 3.33. The van der Waals surface area contributed by atoms with Gasteiger partial charge in [-0.2, -0.15) is 0 Å². The molecule has 7 nitrogen and oxygen atoms in total. The van der Waals surface area contributed by atoms with E-state index in [0.29, 0.717) is 0 Å². The van der Waals surface area contributed by atoms with Gasteiger partial charge < -0.3 is 29.2 Å². The molecular weight excluding hydrogens is 304 g/mol. The first-order valence-corrected chi connectivity index (χ1v) is 7.66. The maximum atomic E-state index is 12.0. The summed E-state index contributed by atoms with van der Waals surface area (Å²) in [5, 5.41) is 21.8. The van der Waals surface area contributed by atoms with Crippen LogP contribution in [0.1, 0.15) is 34.6 Å². The molecule has 0 aromatic heterocycles. The Labute approximate surface area is 135 Å². The molecule has 0 spiro atoms. The third-order valence-electron chi connectivity index (χ3n) is 5.33. The second-order valence-electron chi connectivity index (χ2n) is 7.66. The van der Waals surface area contributed by atoms with Gasteiger partial charge in [0.1, 0.15) is 17.3 Å². The van der Waals surface area contributed by atoms with E-state index >= 15 is 0 Å². The lowest BCUT2D eigenvalue weighted by Crippen LogP contribution is -2.73. The lowest BCUT2D eigenvalue weighted by Gasteiger charge is -2.55. The molecule has 0 aliphatic carbocycles. The minimum Gasteiger partial charge on any atom is -0.453 e. The van der Waals surface area contributed by atoms with Crippen molar-refractivity contribution in [3.8, 4) is 0 Å². The quantitative estimate of drug-likeness (QED) is 0.567. The van der Waals surface area contributed by atoms with E-state index in [9.17, 15) is 15.0 Å². The van der Waals surface area contributed by atoms with Gasteiger partial charge in [0.15, 0.2) is 12.2 Å². The number of hydrogen-bond donors (Lipinski definition) is 2. The van der Waals surface area contributed by atoms with Gasteiger partial charge in [0.2, 0.25) is 5.79 Å². The van der Waals surface area contributed by atoms with Crippen molar-refractivity contribution in [2.75, 3.05) is 6.61 Å². The van der Waals surface area contributed by atoms with Crippen LogP contribution in [0.25, 0.3) is 0 Å². The molecule has 0 saturated carbocycles. The number of carbonyl (C=O) groups is 1. The number of hydrogen-bond acceptors (Lipinski definition) is 7. The summed E-state index contributed by atoms with van der Waals surface area (Å²) in [4.78, 5) is 12.0. The summed E-state index contributed by atoms with van der Waals surface area (Å²) in [7, 11) is 0. The molecule has 2 N–H and O–H groups in total. The van der Waals surface area contributed by atoms with Crippen molar-refractivity contribution in [3.05, 3.63) is 12.2 Å². The van der Waals surface area contributed by atoms with Crippen LogP contribution in [0.3, 0.4) is 0 Å². The van der Waals surface area contributed by atoms with E-state index in [1.807, 2.05) is 0 Å². The lowest BCUT2D eigenvalue weighted by molar-refractivity contribution is -0.425. The first kappa shape index (κ1) is 16.9. The predicted octanol–water partition coefficient (Wildman–Crippen LogP) is 0.279. The van der Waals surface area contributed by atoms with Gasteiger partial charge in [-0.25, -0.2) is 4.79 Å². The average Bonchev–Trinajstić information content (AvgIpc) is 2.68. The van der Waals surface area contributed by atoms with Gasteiger partial charge in [-0.05, 0) is 34.6 Å². The van der Waals surface area contributed by atoms with Crippen LogP contribution in [0.15, 0.2) is 12.2 Å². The summed E-state index contributed by atoms with van der Waals surface area (Å²) in [6.45, 7) is 11.9. The Kier molecular flexibility index (Phi) is 3.33. The molecule has 3 fully saturated rings. The summed E-state index contributed by atoms with van der Waals surface area (Å²) >= 11 is 0. The number of ether oxygens (including phenoxy) is 4. The molecule has 3 heterocycles. The zero-order valence-electron chi connectivity index (χ0n) is 14.1. The first-order valence-electron chi connectivity index (χ1n) is 7.66. The SMILES string of the molecule is C=C(C)C(=O)O[C@@H]1[C@H]2OC(C)(C)C2(O)O[C@@H]1[C@]1(O)COC1(C)C. The highest BCUT2D eigenvalue weighted by Crippen LogP contribution is 2.56. The Bertz CT molecular complexity index is 569. The van der Waals surface area contributed by atoms with Gasteiger partial charge >= 0.3 is 5.97 Å². The van der Waals surface area contributed by atoms with Crippen LogP contribution in [-0.2, 0) is 23.7 Å². The van der Waals surface area contributed by atoms with Crippen molar-refractivity contribution in [2.24, 2.45) is 0 Å². The molecule has 0 amide bonds. The van der Waals surface area contributed by atoms with Gasteiger partial charge in [-0.3, -0.25) is 0 Å². The van der Waals surface area contributed by atoms with Crippen LogP contribution in [0, 0.1) is 0 Å². The molecule has 3 aliphatic rings. The topological polar surface area (TPSA) is 94.5 Å². The number of fused-ring (bicyclic) bond motifs is 1. The standard InChI is InChI=1S/C16H24O7/c1-8(2)12(17)21-9-10(15(18)7-20-13(15,3)4)23-16(19)11(9)22-14(16,5)6/h9-11,18-19H,1,7H2,2-6H3/t9-,10-,11+,15+,16?/m0/s1. The highest BCUT2D eigenvalue weighted by Gasteiger charge is 2.78. The van der Waals surface area contributed by atoms with Crippen molar-refractivity contribution in [1.82, 2.24) is 0 Å². The van der Waals surface area contributed by atoms with Gasteiger partial charge in [0.05, 0.1) is 12.2 Å². The molecule has 0 aromatic carbocycles. The fraction of sp³-hybridized carbons (Fsp3) is 0.812. The summed E-state index contributed by atoms with van der Waals surface area (Å²) in [5.41, 5.74) is -3.05. The van der Waals surface area contributed by atoms with E-state index < -0.39 is 46.9 Å². The maximum absolute atomic E-state index is 12.0. The Morgan fingerprint density at radius 3 is 2.13 bits per heavy atom. The zero-order valence-corrected chi connectivity index (χ0v) is 14.1. The van der Waals surface area contributed by atoms with Gasteiger partial charge in [-0.1, -0.05) is 6.58 Å². The lowest BCUT2D eigenvalue weighted by atomic mass is 9.73. The maximum Gasteiger partial charge on any atom is 0.333 e. The molecule has 3 saturated heterocycles. The van der Waals surface area contributed by atoms with Crippen molar-refractivity contribution < 1.29 is 34.0 Å². The van der Waals surface area contributed by atoms with Crippen LogP contribution in [0.5, 0.6) is 0 Å². The van der Waals surface area contributed by atoms with E-state index in [1.165, 1.54) is 6.92 Å². The van der Waals surface area contributed by atoms with Gasteiger partial charge in [0.25, 0.3) is 0 Å². The molecule has 7 heteroatoms. The largest absolute Gasteiger partial charge is 0.453 e. The molecule has 0 aromatic rings. The van der Waals surface area contributed by atoms with E-state index in [1.54, 1.807) is 27.7 Å². The zero-order chi connectivity index (χ0) is 17.4. The number of esters is 1. The second-order valence-corrected chi connectivity index (χ2v) is 7.66. The Morgan fingerprint density at radius 1 is 1.13 bits per heavy atom. The van der Waals surface area contributed by atoms with Gasteiger partial charge in [-0.15, -0.1) is 0 Å². The Morgan fingerprint density at radius 2 is 1.74 bits per heavy atom. The number of rotatable bonds is 3. The second kappa shape index (κ2) is 4.55. The minimum atomic E-state index is -1.64. The molecular formula is C16H24O7. The van der Waals surface area contributed by atoms with Crippen LogP contribution in [0.2, 0.25) is 0 Å². The monoisotopic (exact) mass is 328 g/mol.